The third kappa shape index (κ3) is 3.99. The summed E-state index contributed by atoms with van der Waals surface area (Å²) in [5.41, 5.74) is 3.23. The summed E-state index contributed by atoms with van der Waals surface area (Å²) in [7, 11) is -5.28. The molecule has 0 saturated carbocycles. The monoisotopic (exact) mass is 441 g/mol. The smallest absolute Gasteiger partial charge is 0.411 e. The zero-order valence-corrected chi connectivity index (χ0v) is 16.7. The Morgan fingerprint density at radius 2 is 1.55 bits per heavy atom. The number of carboxylic acid groups (broad SMARTS) is 1. The Bertz CT molecular complexity index is 1260. The second-order valence-electron chi connectivity index (χ2n) is 6.90. The predicted molar refractivity (Wildman–Crippen MR) is 110 cm³/mol. The number of nitrogens with one attached hydrogen (secondary N) is 1. The first-order valence-corrected chi connectivity index (χ1v) is 10.6. The van der Waals surface area contributed by atoms with Crippen molar-refractivity contribution >= 4 is 28.0 Å². The highest BCUT2D eigenvalue weighted by Gasteiger charge is 2.29. The first-order chi connectivity index (χ1) is 14.8. The Morgan fingerprint density at radius 1 is 0.968 bits per heavy atom. The molecule has 1 amide bonds. The van der Waals surface area contributed by atoms with Gasteiger partial charge in [-0.05, 0) is 40.5 Å². The fourth-order valence-electron chi connectivity index (χ4n) is 3.70. The van der Waals surface area contributed by atoms with Crippen LogP contribution in [0.3, 0.4) is 0 Å². The van der Waals surface area contributed by atoms with Crippen molar-refractivity contribution < 1.29 is 31.7 Å². The molecule has 0 heterocycles. The van der Waals surface area contributed by atoms with Crippen molar-refractivity contribution in [2.75, 3.05) is 11.9 Å². The highest BCUT2D eigenvalue weighted by atomic mass is 32.3. The van der Waals surface area contributed by atoms with E-state index < -0.39 is 38.4 Å². The molecule has 0 aliphatic heterocycles. The van der Waals surface area contributed by atoms with Gasteiger partial charge in [-0.2, -0.15) is 8.42 Å². The van der Waals surface area contributed by atoms with Crippen LogP contribution in [-0.2, 0) is 15.0 Å². The molecule has 2 N–H and O–H groups in total. The molecule has 158 valence electrons. The molecule has 0 saturated heterocycles. The minimum atomic E-state index is -5.28. The molecule has 9 heteroatoms. The van der Waals surface area contributed by atoms with Crippen LogP contribution in [0.25, 0.3) is 11.1 Å². The van der Waals surface area contributed by atoms with Crippen LogP contribution < -0.4 is 5.32 Å². The van der Waals surface area contributed by atoms with Gasteiger partial charge in [0.25, 0.3) is 0 Å². The Kier molecular flexibility index (Phi) is 5.20. The van der Waals surface area contributed by atoms with Crippen molar-refractivity contribution in [2.24, 2.45) is 0 Å². The van der Waals surface area contributed by atoms with Gasteiger partial charge in [0.05, 0.1) is 11.3 Å². The number of rotatable bonds is 5. The second kappa shape index (κ2) is 7.84. The molecule has 7 nitrogen and oxygen atoms in total. The molecular formula is C22H16FNO6S. The average molecular weight is 441 g/mol. The van der Waals surface area contributed by atoms with Crippen LogP contribution in [-0.4, -0.2) is 32.2 Å². The summed E-state index contributed by atoms with van der Waals surface area (Å²) in [5.74, 6) is -1.64. The normalized spacial score (nSPS) is 12.7. The van der Waals surface area contributed by atoms with E-state index in [0.29, 0.717) is 6.07 Å². The molecule has 0 atom stereocenters. The van der Waals surface area contributed by atoms with Gasteiger partial charge in [-0.1, -0.05) is 48.5 Å². The molecule has 31 heavy (non-hydrogen) atoms. The van der Waals surface area contributed by atoms with Gasteiger partial charge in [-0.25, -0.2) is 9.59 Å². The number of amides is 1. The Balaban J connectivity index is 1.54. The summed E-state index contributed by atoms with van der Waals surface area (Å²) >= 11 is 0. The first kappa shape index (κ1) is 20.5. The van der Waals surface area contributed by atoms with E-state index in [2.05, 4.69) is 5.32 Å². The molecule has 1 aliphatic rings. The molecule has 0 radical (unpaired) electrons. The van der Waals surface area contributed by atoms with Gasteiger partial charge < -0.3 is 9.84 Å². The van der Waals surface area contributed by atoms with Crippen molar-refractivity contribution in [2.45, 2.75) is 10.8 Å². The van der Waals surface area contributed by atoms with Crippen LogP contribution in [0, 0.1) is 0 Å². The molecule has 0 spiro atoms. The molecule has 3 aromatic rings. The van der Waals surface area contributed by atoms with Gasteiger partial charge >= 0.3 is 22.3 Å². The fraction of sp³-hybridized carbons (Fsp3) is 0.0909. The number of aromatic carboxylic acids is 1. The van der Waals surface area contributed by atoms with Crippen molar-refractivity contribution in [3.63, 3.8) is 0 Å². The van der Waals surface area contributed by atoms with E-state index in [0.717, 1.165) is 34.4 Å². The predicted octanol–water partition coefficient (Wildman–Crippen LogP) is 4.40. The van der Waals surface area contributed by atoms with Crippen molar-refractivity contribution in [1.82, 2.24) is 0 Å². The van der Waals surface area contributed by atoms with Crippen LogP contribution in [0.4, 0.5) is 14.4 Å². The van der Waals surface area contributed by atoms with Crippen LogP contribution >= 0.6 is 0 Å². The summed E-state index contributed by atoms with van der Waals surface area (Å²) in [6.07, 6.45) is -0.991. The van der Waals surface area contributed by atoms with Gasteiger partial charge in [-0.15, -0.1) is 3.89 Å². The van der Waals surface area contributed by atoms with E-state index in [1.54, 1.807) is 0 Å². The number of fused-ring (bicyclic) bond motifs is 3. The number of halogens is 1. The van der Waals surface area contributed by atoms with Crippen LogP contribution in [0.15, 0.2) is 71.6 Å². The third-order valence-corrected chi connectivity index (χ3v) is 5.93. The Hall–Kier alpha value is -3.72. The minimum Gasteiger partial charge on any atom is -0.478 e. The largest absolute Gasteiger partial charge is 0.478 e. The Morgan fingerprint density at radius 3 is 2.10 bits per heavy atom. The zero-order valence-electron chi connectivity index (χ0n) is 15.9. The summed E-state index contributed by atoms with van der Waals surface area (Å²) < 4.78 is 41.7. The van der Waals surface area contributed by atoms with Crippen molar-refractivity contribution in [3.05, 3.63) is 83.4 Å². The maximum atomic E-state index is 13.6. The molecule has 3 aromatic carbocycles. The number of carbonyl (C=O) groups excluding carboxylic acids is 1. The van der Waals surface area contributed by atoms with Gasteiger partial charge in [0.2, 0.25) is 0 Å². The number of benzene rings is 3. The SMILES string of the molecule is O=C(Nc1ccc(C(=O)O)cc1S(=O)(=O)F)OCC1c2ccccc2-c2ccccc21. The molecule has 0 unspecified atom stereocenters. The highest BCUT2D eigenvalue weighted by molar-refractivity contribution is 7.86. The van der Waals surface area contributed by atoms with Gasteiger partial charge in [0.15, 0.2) is 0 Å². The Labute approximate surface area is 177 Å². The lowest BCUT2D eigenvalue weighted by Crippen LogP contribution is -2.19. The van der Waals surface area contributed by atoms with Crippen LogP contribution in [0.1, 0.15) is 27.4 Å². The summed E-state index contributed by atoms with van der Waals surface area (Å²) in [6, 6.07) is 18.2. The maximum Gasteiger partial charge on any atom is 0.411 e. The highest BCUT2D eigenvalue weighted by Crippen LogP contribution is 2.44. The molecular weight excluding hydrogens is 425 g/mol. The second-order valence-corrected chi connectivity index (χ2v) is 8.22. The molecule has 0 fully saturated rings. The van der Waals surface area contributed by atoms with Gasteiger partial charge in [-0.3, -0.25) is 5.32 Å². The van der Waals surface area contributed by atoms with E-state index in [-0.39, 0.29) is 12.5 Å². The summed E-state index contributed by atoms with van der Waals surface area (Å²) in [5, 5.41) is 11.2. The van der Waals surface area contributed by atoms with Gasteiger partial charge in [0.1, 0.15) is 11.5 Å². The molecule has 1 aliphatic carbocycles. The lowest BCUT2D eigenvalue weighted by molar-refractivity contribution is 0.0696. The number of hydrogen-bond donors (Lipinski definition) is 2. The van der Waals surface area contributed by atoms with Crippen molar-refractivity contribution in [3.8, 4) is 11.1 Å². The standard InChI is InChI=1S/C22H16FNO6S/c23-31(28,29)20-11-13(21(25)26)9-10-19(20)24-22(27)30-12-18-16-7-3-1-5-14(16)15-6-2-4-8-17(15)18/h1-11,18H,12H2,(H,24,27)(H,25,26). The number of hydrogen-bond acceptors (Lipinski definition) is 5. The van der Waals surface area contributed by atoms with Crippen LogP contribution in [0.2, 0.25) is 0 Å². The lowest BCUT2D eigenvalue weighted by Gasteiger charge is -2.15. The quantitative estimate of drug-likeness (QED) is 0.568. The van der Waals surface area contributed by atoms with E-state index in [4.69, 9.17) is 9.84 Å². The minimum absolute atomic E-state index is 0.0230. The van der Waals surface area contributed by atoms with E-state index >= 15 is 0 Å². The lowest BCUT2D eigenvalue weighted by atomic mass is 9.98. The van der Waals surface area contributed by atoms with Crippen molar-refractivity contribution in [1.29, 1.82) is 0 Å². The molecule has 0 aromatic heterocycles. The summed E-state index contributed by atoms with van der Waals surface area (Å²) in [6.45, 7) is -0.0230. The average Bonchev–Trinajstić information content (AvgIpc) is 3.05. The fourth-order valence-corrected chi connectivity index (χ4v) is 4.35. The number of anilines is 1. The zero-order chi connectivity index (χ0) is 22.2. The number of carboxylic acids is 1. The number of carbonyl (C=O) groups is 2. The maximum absolute atomic E-state index is 13.6. The van der Waals surface area contributed by atoms with Gasteiger partial charge in [0, 0.05) is 5.92 Å². The first-order valence-electron chi connectivity index (χ1n) is 9.19. The topological polar surface area (TPSA) is 110 Å². The van der Waals surface area contributed by atoms with E-state index in [1.165, 1.54) is 0 Å². The van der Waals surface area contributed by atoms with E-state index in [1.807, 2.05) is 48.5 Å². The number of ether oxygens (including phenoxy) is 1. The third-order valence-electron chi connectivity index (χ3n) is 5.07. The summed E-state index contributed by atoms with van der Waals surface area (Å²) in [4.78, 5) is 22.4. The molecule has 0 bridgehead atoms. The molecule has 4 rings (SSSR count). The van der Waals surface area contributed by atoms with E-state index in [9.17, 15) is 21.9 Å². The van der Waals surface area contributed by atoms with Crippen LogP contribution in [0.5, 0.6) is 0 Å².